The number of methoxy groups -OCH3 is 1. The standard InChI is InChI=1S/C15H22N2O2/c1-3-11-4-5-14(19-2)13(10-11)17-15(18)12-6-8-16-9-7-12/h4-5,10,12,16H,3,6-9H2,1-2H3,(H,17,18). The molecule has 0 bridgehead atoms. The van der Waals surface area contributed by atoms with Crippen LogP contribution in [0.5, 0.6) is 5.75 Å². The summed E-state index contributed by atoms with van der Waals surface area (Å²) in [7, 11) is 1.63. The van der Waals surface area contributed by atoms with Gasteiger partial charge in [-0.25, -0.2) is 0 Å². The molecular weight excluding hydrogens is 240 g/mol. The molecule has 1 aliphatic heterocycles. The lowest BCUT2D eigenvalue weighted by Crippen LogP contribution is -2.34. The summed E-state index contributed by atoms with van der Waals surface area (Å²) in [6.45, 7) is 3.94. The smallest absolute Gasteiger partial charge is 0.227 e. The Morgan fingerprint density at radius 3 is 2.79 bits per heavy atom. The number of nitrogens with one attached hydrogen (secondary N) is 2. The van der Waals surface area contributed by atoms with Crippen LogP contribution in [0.25, 0.3) is 0 Å². The molecule has 0 spiro atoms. The molecule has 1 aliphatic rings. The van der Waals surface area contributed by atoms with Crippen molar-refractivity contribution in [1.82, 2.24) is 5.32 Å². The van der Waals surface area contributed by atoms with Gasteiger partial charge in [-0.2, -0.15) is 0 Å². The third kappa shape index (κ3) is 3.47. The Hall–Kier alpha value is -1.55. The van der Waals surface area contributed by atoms with Crippen molar-refractivity contribution in [1.29, 1.82) is 0 Å². The van der Waals surface area contributed by atoms with Crippen LogP contribution in [-0.2, 0) is 11.2 Å². The lowest BCUT2D eigenvalue weighted by molar-refractivity contribution is -0.120. The van der Waals surface area contributed by atoms with Crippen LogP contribution in [0.1, 0.15) is 25.3 Å². The van der Waals surface area contributed by atoms with Crippen molar-refractivity contribution in [3.8, 4) is 5.75 Å². The van der Waals surface area contributed by atoms with Crippen LogP contribution in [0.3, 0.4) is 0 Å². The van der Waals surface area contributed by atoms with E-state index in [0.29, 0.717) is 0 Å². The minimum absolute atomic E-state index is 0.105. The maximum Gasteiger partial charge on any atom is 0.227 e. The SMILES string of the molecule is CCc1ccc(OC)c(NC(=O)C2CCNCC2)c1. The number of carbonyl (C=O) groups excluding carboxylic acids is 1. The fourth-order valence-corrected chi connectivity index (χ4v) is 2.39. The molecular formula is C15H22N2O2. The molecule has 0 aliphatic carbocycles. The van der Waals surface area contributed by atoms with Gasteiger partial charge in [0.25, 0.3) is 0 Å². The maximum absolute atomic E-state index is 12.2. The van der Waals surface area contributed by atoms with Crippen molar-refractivity contribution < 1.29 is 9.53 Å². The Labute approximate surface area is 114 Å². The molecule has 0 unspecified atom stereocenters. The summed E-state index contributed by atoms with van der Waals surface area (Å²) in [6, 6.07) is 5.94. The summed E-state index contributed by atoms with van der Waals surface area (Å²) in [5.41, 5.74) is 1.98. The van der Waals surface area contributed by atoms with Crippen LogP contribution >= 0.6 is 0 Å². The fourth-order valence-electron chi connectivity index (χ4n) is 2.39. The molecule has 0 aromatic heterocycles. The van der Waals surface area contributed by atoms with Crippen LogP contribution in [0.15, 0.2) is 18.2 Å². The molecule has 19 heavy (non-hydrogen) atoms. The van der Waals surface area contributed by atoms with Gasteiger partial charge in [0.15, 0.2) is 0 Å². The van der Waals surface area contributed by atoms with E-state index in [1.54, 1.807) is 7.11 Å². The highest BCUT2D eigenvalue weighted by Gasteiger charge is 2.21. The minimum Gasteiger partial charge on any atom is -0.495 e. The first-order valence-electron chi connectivity index (χ1n) is 6.93. The van der Waals surface area contributed by atoms with Gasteiger partial charge in [0.2, 0.25) is 5.91 Å². The van der Waals surface area contributed by atoms with E-state index < -0.39 is 0 Å². The number of piperidine rings is 1. The van der Waals surface area contributed by atoms with Gasteiger partial charge < -0.3 is 15.4 Å². The summed E-state index contributed by atoms with van der Waals surface area (Å²) in [5, 5.41) is 6.28. The fraction of sp³-hybridized carbons (Fsp3) is 0.533. The van der Waals surface area contributed by atoms with Gasteiger partial charge in [0.1, 0.15) is 5.75 Å². The zero-order valence-corrected chi connectivity index (χ0v) is 11.7. The number of hydrogen-bond donors (Lipinski definition) is 2. The minimum atomic E-state index is 0.105. The molecule has 4 nitrogen and oxygen atoms in total. The van der Waals surface area contributed by atoms with Crippen LogP contribution in [0, 0.1) is 5.92 Å². The number of anilines is 1. The second kappa shape index (κ2) is 6.57. The summed E-state index contributed by atoms with van der Waals surface area (Å²) in [6.07, 6.45) is 2.75. The highest BCUT2D eigenvalue weighted by atomic mass is 16.5. The van der Waals surface area contributed by atoms with E-state index in [4.69, 9.17) is 4.74 Å². The third-order valence-corrected chi connectivity index (χ3v) is 3.64. The summed E-state index contributed by atoms with van der Waals surface area (Å²) in [5.74, 6) is 0.934. The first kappa shape index (κ1) is 13.9. The summed E-state index contributed by atoms with van der Waals surface area (Å²) >= 11 is 0. The van der Waals surface area contributed by atoms with E-state index in [1.807, 2.05) is 18.2 Å². The van der Waals surface area contributed by atoms with Crippen molar-refractivity contribution in [3.63, 3.8) is 0 Å². The second-order valence-corrected chi connectivity index (χ2v) is 4.90. The highest BCUT2D eigenvalue weighted by molar-refractivity contribution is 5.94. The van der Waals surface area contributed by atoms with E-state index in [-0.39, 0.29) is 11.8 Å². The normalized spacial score (nSPS) is 16.1. The molecule has 1 amide bonds. The van der Waals surface area contributed by atoms with Crippen molar-refractivity contribution in [3.05, 3.63) is 23.8 Å². The van der Waals surface area contributed by atoms with E-state index in [1.165, 1.54) is 5.56 Å². The average molecular weight is 262 g/mol. The predicted molar refractivity (Wildman–Crippen MR) is 76.6 cm³/mol. The molecule has 2 rings (SSSR count). The van der Waals surface area contributed by atoms with E-state index in [0.717, 1.165) is 43.8 Å². The molecule has 4 heteroatoms. The third-order valence-electron chi connectivity index (χ3n) is 3.64. The van der Waals surface area contributed by atoms with Gasteiger partial charge in [-0.1, -0.05) is 13.0 Å². The summed E-state index contributed by atoms with van der Waals surface area (Å²) in [4.78, 5) is 12.2. The van der Waals surface area contributed by atoms with Crippen LogP contribution in [0.4, 0.5) is 5.69 Å². The number of ether oxygens (including phenoxy) is 1. The Kier molecular flexibility index (Phi) is 4.80. The molecule has 2 N–H and O–H groups in total. The molecule has 1 fully saturated rings. The number of rotatable bonds is 4. The quantitative estimate of drug-likeness (QED) is 0.874. The molecule has 0 radical (unpaired) electrons. The number of aryl methyl sites for hydroxylation is 1. The van der Waals surface area contributed by atoms with Gasteiger partial charge in [0, 0.05) is 5.92 Å². The number of benzene rings is 1. The average Bonchev–Trinajstić information content (AvgIpc) is 2.48. The Bertz CT molecular complexity index is 440. The first-order chi connectivity index (χ1) is 9.24. The van der Waals surface area contributed by atoms with Crippen LogP contribution in [0.2, 0.25) is 0 Å². The molecule has 1 aromatic rings. The zero-order valence-electron chi connectivity index (χ0n) is 11.7. The Balaban J connectivity index is 2.10. The predicted octanol–water partition coefficient (Wildman–Crippen LogP) is 2.20. The van der Waals surface area contributed by atoms with E-state index in [2.05, 4.69) is 17.6 Å². The van der Waals surface area contributed by atoms with Gasteiger partial charge in [-0.05, 0) is 50.0 Å². The molecule has 1 heterocycles. The topological polar surface area (TPSA) is 50.4 Å². The van der Waals surface area contributed by atoms with Gasteiger partial charge in [0.05, 0.1) is 12.8 Å². The number of amides is 1. The number of carbonyl (C=O) groups is 1. The maximum atomic E-state index is 12.2. The van der Waals surface area contributed by atoms with Crippen molar-refractivity contribution in [2.24, 2.45) is 5.92 Å². The zero-order chi connectivity index (χ0) is 13.7. The second-order valence-electron chi connectivity index (χ2n) is 4.90. The van der Waals surface area contributed by atoms with Crippen molar-refractivity contribution >= 4 is 11.6 Å². The monoisotopic (exact) mass is 262 g/mol. The summed E-state index contributed by atoms with van der Waals surface area (Å²) < 4.78 is 5.31. The largest absolute Gasteiger partial charge is 0.495 e. The van der Waals surface area contributed by atoms with Crippen LogP contribution < -0.4 is 15.4 Å². The lowest BCUT2D eigenvalue weighted by atomic mass is 9.97. The molecule has 1 aromatic carbocycles. The Morgan fingerprint density at radius 1 is 1.42 bits per heavy atom. The Morgan fingerprint density at radius 2 is 2.16 bits per heavy atom. The van der Waals surface area contributed by atoms with Gasteiger partial charge >= 0.3 is 0 Å². The molecule has 1 saturated heterocycles. The van der Waals surface area contributed by atoms with E-state index in [9.17, 15) is 4.79 Å². The molecule has 104 valence electrons. The van der Waals surface area contributed by atoms with E-state index >= 15 is 0 Å². The lowest BCUT2D eigenvalue weighted by Gasteiger charge is -2.22. The van der Waals surface area contributed by atoms with Gasteiger partial charge in [-0.3, -0.25) is 4.79 Å². The first-order valence-corrected chi connectivity index (χ1v) is 6.93. The highest BCUT2D eigenvalue weighted by Crippen LogP contribution is 2.27. The van der Waals surface area contributed by atoms with Crippen LogP contribution in [-0.4, -0.2) is 26.1 Å². The molecule has 0 atom stereocenters. The van der Waals surface area contributed by atoms with Gasteiger partial charge in [-0.15, -0.1) is 0 Å². The van der Waals surface area contributed by atoms with Crippen molar-refractivity contribution in [2.45, 2.75) is 26.2 Å². The number of hydrogen-bond acceptors (Lipinski definition) is 3. The molecule has 0 saturated carbocycles. The van der Waals surface area contributed by atoms with Crippen molar-refractivity contribution in [2.75, 3.05) is 25.5 Å².